The molecule has 0 saturated heterocycles. The summed E-state index contributed by atoms with van der Waals surface area (Å²) in [5.74, 6) is 0. The van der Waals surface area contributed by atoms with E-state index in [-0.39, 0.29) is 58.3 Å². The third-order valence-corrected chi connectivity index (χ3v) is 0.406. The molecular formula is C3H9KN2O4P+. The molecule has 1 aromatic rings. The fourth-order valence-corrected chi connectivity index (χ4v) is 0.215. The standard InChI is InChI=1S/C3H4N2.K.HO3P.H2O.H/c1-2-4-5-3-1;;1-4(2)3;;/h1-3H,(H,4,5);;(H-,1,2,3);1H2;/q;+1;;;-1/p+1. The maximum absolute atomic E-state index is 8.70. The first-order valence-corrected chi connectivity index (χ1v) is 3.18. The summed E-state index contributed by atoms with van der Waals surface area (Å²) in [4.78, 5) is 14.2. The number of nitrogens with one attached hydrogen (secondary N) is 1. The van der Waals surface area contributed by atoms with Crippen molar-refractivity contribution in [3.8, 4) is 0 Å². The second-order valence-electron chi connectivity index (χ2n) is 1.02. The molecule has 8 heteroatoms. The second-order valence-corrected chi connectivity index (χ2v) is 1.52. The van der Waals surface area contributed by atoms with Gasteiger partial charge in [0.05, 0.1) is 0 Å². The molecule has 0 radical (unpaired) electrons. The molecule has 0 spiro atoms. The maximum Gasteiger partial charge on any atom is 1.00 e. The Hall–Kier alpha value is 0.826. The van der Waals surface area contributed by atoms with Crippen molar-refractivity contribution in [2.45, 2.75) is 0 Å². The molecule has 0 aliphatic carbocycles. The fourth-order valence-electron chi connectivity index (χ4n) is 0.215. The van der Waals surface area contributed by atoms with Gasteiger partial charge in [0.1, 0.15) is 0 Å². The van der Waals surface area contributed by atoms with Crippen LogP contribution in [0.3, 0.4) is 0 Å². The average Bonchev–Trinajstić information content (AvgIpc) is 2.11. The molecule has 0 atom stereocenters. The largest absolute Gasteiger partial charge is 1.00 e. The molecule has 0 fully saturated rings. The second kappa shape index (κ2) is 13.4. The molecule has 11 heavy (non-hydrogen) atoms. The minimum absolute atomic E-state index is 0. The molecule has 60 valence electrons. The van der Waals surface area contributed by atoms with Crippen LogP contribution in [0.25, 0.3) is 0 Å². The summed E-state index contributed by atoms with van der Waals surface area (Å²) in [7, 11) is -2.87. The first-order valence-electron chi connectivity index (χ1n) is 2.02. The smallest absolute Gasteiger partial charge is 1.00 e. The van der Waals surface area contributed by atoms with Crippen LogP contribution < -0.4 is 51.4 Å². The Balaban J connectivity index is -0.0000000436. The van der Waals surface area contributed by atoms with Gasteiger partial charge in [-0.05, 0) is 6.07 Å². The quantitative estimate of drug-likeness (QED) is 0.300. The van der Waals surface area contributed by atoms with Gasteiger partial charge in [-0.15, -0.1) is 9.79 Å². The van der Waals surface area contributed by atoms with Crippen LogP contribution >= 0.6 is 8.25 Å². The number of hydrogen-bond acceptors (Lipinski definition) is 2. The van der Waals surface area contributed by atoms with Gasteiger partial charge in [0.25, 0.3) is 0 Å². The summed E-state index contributed by atoms with van der Waals surface area (Å²) in [5.41, 5.74) is 0. The fraction of sp³-hybridized carbons (Fsp3) is 0. The molecule has 1 rings (SSSR count). The number of nitrogens with zero attached hydrogens (tertiary/aromatic N) is 1. The van der Waals surface area contributed by atoms with Gasteiger partial charge in [-0.3, -0.25) is 5.10 Å². The van der Waals surface area contributed by atoms with Gasteiger partial charge in [-0.25, -0.2) is 0 Å². The van der Waals surface area contributed by atoms with E-state index in [1.165, 1.54) is 0 Å². The summed E-state index contributed by atoms with van der Waals surface area (Å²) < 4.78 is 8.70. The van der Waals surface area contributed by atoms with Crippen LogP contribution in [0, 0.1) is 0 Å². The van der Waals surface area contributed by atoms with Gasteiger partial charge >= 0.3 is 59.6 Å². The number of aromatic nitrogens is 2. The predicted octanol–water partition coefficient (Wildman–Crippen LogP) is -3.67. The van der Waals surface area contributed by atoms with Crippen LogP contribution in [-0.2, 0) is 4.57 Å². The van der Waals surface area contributed by atoms with Crippen molar-refractivity contribution >= 4 is 8.25 Å². The van der Waals surface area contributed by atoms with E-state index < -0.39 is 8.25 Å². The van der Waals surface area contributed by atoms with Crippen LogP contribution in [0.1, 0.15) is 1.43 Å². The van der Waals surface area contributed by atoms with Crippen molar-refractivity contribution in [1.29, 1.82) is 0 Å². The molecular weight excluding hydrogens is 198 g/mol. The van der Waals surface area contributed by atoms with Crippen molar-refractivity contribution < 1.29 is 72.6 Å². The minimum atomic E-state index is -2.87. The minimum Gasteiger partial charge on any atom is -1.00 e. The Morgan fingerprint density at radius 1 is 1.55 bits per heavy atom. The Morgan fingerprint density at radius 3 is 2.09 bits per heavy atom. The Kier molecular flexibility index (Phi) is 21.7. The summed E-state index contributed by atoms with van der Waals surface area (Å²) in [6.07, 6.45) is 3.46. The average molecular weight is 207 g/mol. The van der Waals surface area contributed by atoms with Gasteiger partial charge in [0, 0.05) is 17.0 Å². The molecule has 0 amide bonds. The van der Waals surface area contributed by atoms with E-state index in [9.17, 15) is 0 Å². The van der Waals surface area contributed by atoms with E-state index in [1.54, 1.807) is 12.4 Å². The van der Waals surface area contributed by atoms with Crippen molar-refractivity contribution in [3.63, 3.8) is 0 Å². The van der Waals surface area contributed by atoms with Crippen LogP contribution in [0.15, 0.2) is 18.5 Å². The van der Waals surface area contributed by atoms with E-state index in [0.29, 0.717) is 0 Å². The molecule has 1 aromatic heterocycles. The Bertz CT molecular complexity index is 142. The van der Waals surface area contributed by atoms with Crippen molar-refractivity contribution in [2.75, 3.05) is 0 Å². The summed E-state index contributed by atoms with van der Waals surface area (Å²) >= 11 is 0. The van der Waals surface area contributed by atoms with Gasteiger partial charge in [0.2, 0.25) is 0 Å². The van der Waals surface area contributed by atoms with E-state index in [2.05, 4.69) is 10.2 Å². The molecule has 0 bridgehead atoms. The first kappa shape index (κ1) is 17.8. The number of hydrogen-bond donors (Lipinski definition) is 3. The van der Waals surface area contributed by atoms with E-state index in [1.807, 2.05) is 6.07 Å². The number of rotatable bonds is 0. The SMILES string of the molecule is O.O=[P+](O)O.[H-].[K+].c1cn[nH]c1. The van der Waals surface area contributed by atoms with Gasteiger partial charge in [-0.2, -0.15) is 5.10 Å². The van der Waals surface area contributed by atoms with Crippen LogP contribution in [0.5, 0.6) is 0 Å². The molecule has 0 aliphatic rings. The van der Waals surface area contributed by atoms with Crippen LogP contribution in [0.4, 0.5) is 0 Å². The van der Waals surface area contributed by atoms with Crippen molar-refractivity contribution in [1.82, 2.24) is 10.2 Å². The zero-order valence-electron chi connectivity index (χ0n) is 6.93. The van der Waals surface area contributed by atoms with Gasteiger partial charge < -0.3 is 6.90 Å². The zero-order chi connectivity index (χ0) is 7.11. The molecule has 0 aromatic carbocycles. The third kappa shape index (κ3) is 24.8. The number of H-pyrrole nitrogens is 1. The Labute approximate surface area is 108 Å². The molecule has 6 nitrogen and oxygen atoms in total. The first-order chi connectivity index (χ1) is 4.23. The maximum atomic E-state index is 8.70. The summed E-state index contributed by atoms with van der Waals surface area (Å²) in [6.45, 7) is 0. The Morgan fingerprint density at radius 2 is 2.00 bits per heavy atom. The normalized spacial score (nSPS) is 6.00. The molecule has 0 saturated carbocycles. The number of aromatic amines is 1. The summed E-state index contributed by atoms with van der Waals surface area (Å²) in [6, 6.07) is 1.83. The topological polar surface area (TPSA) is 118 Å². The van der Waals surface area contributed by atoms with Crippen molar-refractivity contribution in [2.24, 2.45) is 0 Å². The monoisotopic (exact) mass is 207 g/mol. The van der Waals surface area contributed by atoms with Crippen LogP contribution in [0.2, 0.25) is 0 Å². The van der Waals surface area contributed by atoms with Crippen LogP contribution in [-0.4, -0.2) is 25.5 Å². The molecule has 1 heterocycles. The van der Waals surface area contributed by atoms with Gasteiger partial charge in [0.15, 0.2) is 0 Å². The van der Waals surface area contributed by atoms with Gasteiger partial charge in [-0.1, -0.05) is 0 Å². The molecule has 0 unspecified atom stereocenters. The van der Waals surface area contributed by atoms with E-state index >= 15 is 0 Å². The molecule has 0 aliphatic heterocycles. The van der Waals surface area contributed by atoms with E-state index in [0.717, 1.165) is 0 Å². The third-order valence-electron chi connectivity index (χ3n) is 0.406. The molecule has 5 N–H and O–H groups in total. The zero-order valence-corrected chi connectivity index (χ0v) is 9.95. The van der Waals surface area contributed by atoms with E-state index in [4.69, 9.17) is 14.4 Å². The van der Waals surface area contributed by atoms with Crippen molar-refractivity contribution in [3.05, 3.63) is 18.5 Å². The summed E-state index contributed by atoms with van der Waals surface area (Å²) in [5, 5.41) is 6.21. The predicted molar refractivity (Wildman–Crippen MR) is 35.4 cm³/mol.